The van der Waals surface area contributed by atoms with Crippen molar-refractivity contribution < 1.29 is 23.5 Å². The Balaban J connectivity index is 1.50. The summed E-state index contributed by atoms with van der Waals surface area (Å²) in [4.78, 5) is 49.3. The number of aryl methyl sites for hydroxylation is 1. The number of urea groups is 1. The van der Waals surface area contributed by atoms with Gasteiger partial charge in [0.1, 0.15) is 23.4 Å². The highest BCUT2D eigenvalue weighted by Crippen LogP contribution is 2.35. The molecule has 2 fully saturated rings. The summed E-state index contributed by atoms with van der Waals surface area (Å²) in [5.74, 6) is -0.950. The molecule has 1 spiro atoms. The molecule has 0 unspecified atom stereocenters. The lowest BCUT2D eigenvalue weighted by Crippen LogP contribution is -2.44. The zero-order valence-corrected chi connectivity index (χ0v) is 14.7. The van der Waals surface area contributed by atoms with E-state index in [-0.39, 0.29) is 11.7 Å². The summed E-state index contributed by atoms with van der Waals surface area (Å²) in [6.45, 7) is 1.31. The summed E-state index contributed by atoms with van der Waals surface area (Å²) >= 11 is 0. The van der Waals surface area contributed by atoms with E-state index in [2.05, 4.69) is 5.32 Å². The van der Waals surface area contributed by atoms with Crippen LogP contribution in [0.4, 0.5) is 4.79 Å². The number of rotatable bonds is 3. The van der Waals surface area contributed by atoms with Gasteiger partial charge in [-0.2, -0.15) is 0 Å². The van der Waals surface area contributed by atoms with Crippen LogP contribution in [0.25, 0.3) is 11.0 Å². The van der Waals surface area contributed by atoms with Crippen LogP contribution in [0.5, 0.6) is 5.75 Å². The zero-order chi connectivity index (χ0) is 19.2. The molecule has 2 heterocycles. The topological polar surface area (TPSA) is 106 Å². The van der Waals surface area contributed by atoms with Gasteiger partial charge < -0.3 is 14.5 Å². The molecule has 4 rings (SSSR count). The SMILES string of the molecule is Cc1cc(=O)oc2cc(OC(=O)CN3C(=O)NC4(CCCC4)C3=O)ccc12. The molecule has 1 aliphatic heterocycles. The lowest BCUT2D eigenvalue weighted by molar-refractivity contribution is -0.140. The fourth-order valence-corrected chi connectivity index (χ4v) is 3.80. The van der Waals surface area contributed by atoms with Crippen molar-refractivity contribution in [3.63, 3.8) is 0 Å². The maximum atomic E-state index is 12.6. The summed E-state index contributed by atoms with van der Waals surface area (Å²) < 4.78 is 10.4. The molecular weight excluding hydrogens is 352 g/mol. The number of benzene rings is 1. The van der Waals surface area contributed by atoms with Crippen LogP contribution in [0.1, 0.15) is 31.2 Å². The van der Waals surface area contributed by atoms with Crippen LogP contribution in [-0.2, 0) is 9.59 Å². The molecule has 0 bridgehead atoms. The lowest BCUT2D eigenvalue weighted by Gasteiger charge is -2.19. The van der Waals surface area contributed by atoms with Gasteiger partial charge in [0.25, 0.3) is 5.91 Å². The minimum atomic E-state index is -0.860. The van der Waals surface area contributed by atoms with Crippen molar-refractivity contribution in [3.05, 3.63) is 40.2 Å². The number of carbonyl (C=O) groups excluding carboxylic acids is 3. The van der Waals surface area contributed by atoms with Gasteiger partial charge in [-0.05, 0) is 37.5 Å². The second kappa shape index (κ2) is 6.22. The average Bonchev–Trinajstić information content (AvgIpc) is 3.15. The standard InChI is InChI=1S/C19H18N2O6/c1-11-8-15(22)27-14-9-12(4-5-13(11)14)26-16(23)10-21-17(24)19(20-18(21)25)6-2-3-7-19/h4-5,8-9H,2-3,6-7,10H2,1H3,(H,20,25). The Morgan fingerprint density at radius 1 is 1.22 bits per heavy atom. The second-order valence-corrected chi connectivity index (χ2v) is 6.99. The molecule has 1 saturated heterocycles. The Labute approximate surface area is 154 Å². The third-order valence-electron chi connectivity index (χ3n) is 5.14. The third kappa shape index (κ3) is 2.97. The lowest BCUT2D eigenvalue weighted by atomic mass is 9.98. The van der Waals surface area contributed by atoms with Gasteiger partial charge in [-0.15, -0.1) is 0 Å². The van der Waals surface area contributed by atoms with Gasteiger partial charge in [0.05, 0.1) is 0 Å². The van der Waals surface area contributed by atoms with Crippen molar-refractivity contribution in [2.24, 2.45) is 0 Å². The van der Waals surface area contributed by atoms with Crippen molar-refractivity contribution in [2.45, 2.75) is 38.1 Å². The summed E-state index contributed by atoms with van der Waals surface area (Å²) in [5, 5.41) is 3.44. The maximum Gasteiger partial charge on any atom is 0.336 e. The fraction of sp³-hybridized carbons (Fsp3) is 0.368. The van der Waals surface area contributed by atoms with Crippen LogP contribution < -0.4 is 15.7 Å². The number of amides is 3. The monoisotopic (exact) mass is 370 g/mol. The number of fused-ring (bicyclic) bond motifs is 1. The van der Waals surface area contributed by atoms with Gasteiger partial charge in [0, 0.05) is 17.5 Å². The highest BCUT2D eigenvalue weighted by molar-refractivity contribution is 6.09. The number of nitrogens with zero attached hydrogens (tertiary/aromatic N) is 1. The zero-order valence-electron chi connectivity index (χ0n) is 14.7. The number of carbonyl (C=O) groups is 3. The predicted molar refractivity (Wildman–Crippen MR) is 94.3 cm³/mol. The Morgan fingerprint density at radius 2 is 1.96 bits per heavy atom. The molecule has 2 aliphatic rings. The molecule has 0 atom stereocenters. The molecule has 2 aromatic rings. The van der Waals surface area contributed by atoms with Crippen LogP contribution in [0.2, 0.25) is 0 Å². The largest absolute Gasteiger partial charge is 0.425 e. The molecule has 1 aliphatic carbocycles. The molecule has 8 heteroatoms. The summed E-state index contributed by atoms with van der Waals surface area (Å²) in [6.07, 6.45) is 2.91. The van der Waals surface area contributed by atoms with E-state index in [4.69, 9.17) is 9.15 Å². The number of hydrogen-bond acceptors (Lipinski definition) is 6. The molecule has 0 radical (unpaired) electrons. The van der Waals surface area contributed by atoms with E-state index in [0.29, 0.717) is 18.4 Å². The van der Waals surface area contributed by atoms with Gasteiger partial charge in [-0.25, -0.2) is 14.4 Å². The maximum absolute atomic E-state index is 12.6. The number of hydrogen-bond donors (Lipinski definition) is 1. The Bertz CT molecular complexity index is 1020. The fourth-order valence-electron chi connectivity index (χ4n) is 3.80. The van der Waals surface area contributed by atoms with Crippen LogP contribution in [0.3, 0.4) is 0 Å². The second-order valence-electron chi connectivity index (χ2n) is 6.99. The van der Waals surface area contributed by atoms with Crippen molar-refractivity contribution in [2.75, 3.05) is 6.54 Å². The van der Waals surface area contributed by atoms with Crippen molar-refractivity contribution in [3.8, 4) is 5.75 Å². The number of esters is 1. The van der Waals surface area contributed by atoms with Gasteiger partial charge in [-0.1, -0.05) is 12.8 Å². The van der Waals surface area contributed by atoms with Gasteiger partial charge in [0.15, 0.2) is 0 Å². The van der Waals surface area contributed by atoms with Crippen LogP contribution in [0.15, 0.2) is 33.5 Å². The van der Waals surface area contributed by atoms with E-state index in [1.54, 1.807) is 19.1 Å². The highest BCUT2D eigenvalue weighted by Gasteiger charge is 2.52. The molecule has 1 aromatic carbocycles. The molecule has 27 heavy (non-hydrogen) atoms. The van der Waals surface area contributed by atoms with E-state index in [0.717, 1.165) is 28.7 Å². The minimum Gasteiger partial charge on any atom is -0.425 e. The van der Waals surface area contributed by atoms with Crippen molar-refractivity contribution in [1.82, 2.24) is 10.2 Å². The minimum absolute atomic E-state index is 0.170. The summed E-state index contributed by atoms with van der Waals surface area (Å²) in [7, 11) is 0. The van der Waals surface area contributed by atoms with Crippen molar-refractivity contribution >= 4 is 28.9 Å². The first-order valence-corrected chi connectivity index (χ1v) is 8.77. The molecule has 3 amide bonds. The quantitative estimate of drug-likeness (QED) is 0.383. The molecule has 140 valence electrons. The van der Waals surface area contributed by atoms with Gasteiger partial charge in [0.2, 0.25) is 0 Å². The van der Waals surface area contributed by atoms with Crippen LogP contribution in [-0.4, -0.2) is 34.9 Å². The van der Waals surface area contributed by atoms with E-state index in [1.165, 1.54) is 12.1 Å². The van der Waals surface area contributed by atoms with E-state index < -0.39 is 29.7 Å². The molecule has 1 N–H and O–H groups in total. The number of ether oxygens (including phenoxy) is 1. The first-order chi connectivity index (χ1) is 12.9. The van der Waals surface area contributed by atoms with Gasteiger partial charge in [-0.3, -0.25) is 9.69 Å². The number of nitrogens with one attached hydrogen (secondary N) is 1. The van der Waals surface area contributed by atoms with E-state index in [9.17, 15) is 19.2 Å². The number of imide groups is 1. The molecular formula is C19H18N2O6. The van der Waals surface area contributed by atoms with E-state index >= 15 is 0 Å². The van der Waals surface area contributed by atoms with Crippen LogP contribution >= 0.6 is 0 Å². The highest BCUT2D eigenvalue weighted by atomic mass is 16.5. The molecule has 8 nitrogen and oxygen atoms in total. The third-order valence-corrected chi connectivity index (χ3v) is 5.14. The smallest absolute Gasteiger partial charge is 0.336 e. The molecule has 1 aromatic heterocycles. The first-order valence-electron chi connectivity index (χ1n) is 8.77. The summed E-state index contributed by atoms with van der Waals surface area (Å²) in [5.41, 5.74) is -0.309. The van der Waals surface area contributed by atoms with Gasteiger partial charge >= 0.3 is 17.6 Å². The Kier molecular flexibility index (Phi) is 3.98. The van der Waals surface area contributed by atoms with E-state index in [1.807, 2.05) is 0 Å². The predicted octanol–water partition coefficient (Wildman–Crippen LogP) is 1.87. The molecule has 1 saturated carbocycles. The van der Waals surface area contributed by atoms with Crippen LogP contribution in [0, 0.1) is 6.92 Å². The normalized spacial score (nSPS) is 18.3. The van der Waals surface area contributed by atoms with Crippen molar-refractivity contribution in [1.29, 1.82) is 0 Å². The Hall–Kier alpha value is -3.16. The summed E-state index contributed by atoms with van der Waals surface area (Å²) in [6, 6.07) is 5.49. The average molecular weight is 370 g/mol. The Morgan fingerprint density at radius 3 is 2.70 bits per heavy atom. The first kappa shape index (κ1) is 17.3.